The standard InChI is InChI=1S/C34H39N3O5/c1-7-20-37(32(40)29(36-33(41)42-34(4,5)6)22-25-16-18-27(38)19-17-25)30(26-14-11-13-24(8-2)21-26)31(39)35-28-15-10-9-12-23(28)3/h7-19,21,29-30,38H,1-2,20,22H2,3-6H3,(H,35,39)(H,36,41). The molecular formula is C34H39N3O5. The molecular weight excluding hydrogens is 530 g/mol. The highest BCUT2D eigenvalue weighted by molar-refractivity contribution is 5.99. The van der Waals surface area contributed by atoms with E-state index in [1.165, 1.54) is 23.1 Å². The van der Waals surface area contributed by atoms with E-state index in [0.29, 0.717) is 16.8 Å². The van der Waals surface area contributed by atoms with Gasteiger partial charge in [0.05, 0.1) is 0 Å². The molecule has 3 N–H and O–H groups in total. The molecule has 0 aliphatic heterocycles. The van der Waals surface area contributed by atoms with E-state index in [4.69, 9.17) is 4.74 Å². The lowest BCUT2D eigenvalue weighted by Crippen LogP contribution is -2.53. The average molecular weight is 570 g/mol. The van der Waals surface area contributed by atoms with E-state index in [0.717, 1.165) is 11.1 Å². The van der Waals surface area contributed by atoms with Gasteiger partial charge in [-0.2, -0.15) is 0 Å². The summed E-state index contributed by atoms with van der Waals surface area (Å²) in [6.45, 7) is 14.8. The molecule has 2 atom stereocenters. The minimum absolute atomic E-state index is 0.0189. The molecule has 3 rings (SSSR count). The smallest absolute Gasteiger partial charge is 0.408 e. The van der Waals surface area contributed by atoms with Crippen LogP contribution in [0.3, 0.4) is 0 Å². The van der Waals surface area contributed by atoms with Gasteiger partial charge >= 0.3 is 6.09 Å². The summed E-state index contributed by atoms with van der Waals surface area (Å²) in [5.74, 6) is -0.866. The SMILES string of the molecule is C=CCN(C(=O)C(Cc1ccc(O)cc1)NC(=O)OC(C)(C)C)C(C(=O)Nc1ccccc1C)c1cccc(C=C)c1. The summed E-state index contributed by atoms with van der Waals surface area (Å²) in [5.41, 5.74) is 2.72. The van der Waals surface area contributed by atoms with Crippen LogP contribution in [0.15, 0.2) is 92.0 Å². The maximum atomic E-state index is 14.4. The zero-order valence-corrected chi connectivity index (χ0v) is 24.6. The number of ether oxygens (including phenoxy) is 1. The van der Waals surface area contributed by atoms with E-state index >= 15 is 0 Å². The molecule has 0 aromatic heterocycles. The second-order valence-electron chi connectivity index (χ2n) is 10.9. The number of anilines is 1. The van der Waals surface area contributed by atoms with Crippen molar-refractivity contribution in [1.29, 1.82) is 0 Å². The summed E-state index contributed by atoms with van der Waals surface area (Å²) in [5, 5.41) is 15.4. The van der Waals surface area contributed by atoms with Crippen molar-refractivity contribution in [2.24, 2.45) is 0 Å². The molecule has 8 nitrogen and oxygen atoms in total. The Morgan fingerprint density at radius 1 is 1.00 bits per heavy atom. The Hall–Kier alpha value is -4.85. The molecule has 0 radical (unpaired) electrons. The van der Waals surface area contributed by atoms with Crippen molar-refractivity contribution in [3.63, 3.8) is 0 Å². The number of para-hydroxylation sites is 1. The predicted molar refractivity (Wildman–Crippen MR) is 166 cm³/mol. The van der Waals surface area contributed by atoms with Gasteiger partial charge in [0.25, 0.3) is 5.91 Å². The molecule has 0 heterocycles. The molecule has 3 aromatic carbocycles. The normalized spacial score (nSPS) is 12.4. The molecule has 8 heteroatoms. The maximum absolute atomic E-state index is 14.4. The summed E-state index contributed by atoms with van der Waals surface area (Å²) < 4.78 is 5.46. The van der Waals surface area contributed by atoms with E-state index in [9.17, 15) is 19.5 Å². The van der Waals surface area contributed by atoms with E-state index in [1.807, 2.05) is 31.2 Å². The highest BCUT2D eigenvalue weighted by Gasteiger charge is 2.36. The summed E-state index contributed by atoms with van der Waals surface area (Å²) in [7, 11) is 0. The summed E-state index contributed by atoms with van der Waals surface area (Å²) in [6, 6.07) is 18.8. The summed E-state index contributed by atoms with van der Waals surface area (Å²) in [4.78, 5) is 42.6. The topological polar surface area (TPSA) is 108 Å². The van der Waals surface area contributed by atoms with Crippen molar-refractivity contribution in [3.05, 3.63) is 114 Å². The van der Waals surface area contributed by atoms with Crippen LogP contribution in [-0.4, -0.2) is 46.1 Å². The lowest BCUT2D eigenvalue weighted by Gasteiger charge is -2.34. The van der Waals surface area contributed by atoms with Crippen LogP contribution >= 0.6 is 0 Å². The number of nitrogens with zero attached hydrogens (tertiary/aromatic N) is 1. The van der Waals surface area contributed by atoms with E-state index in [1.54, 1.807) is 63.2 Å². The van der Waals surface area contributed by atoms with Gasteiger partial charge in [0.15, 0.2) is 0 Å². The van der Waals surface area contributed by atoms with Gasteiger partial charge in [-0.15, -0.1) is 6.58 Å². The molecule has 42 heavy (non-hydrogen) atoms. The number of amides is 3. The average Bonchev–Trinajstić information content (AvgIpc) is 2.93. The Kier molecular flexibility index (Phi) is 10.7. The zero-order valence-electron chi connectivity index (χ0n) is 24.6. The lowest BCUT2D eigenvalue weighted by molar-refractivity contribution is -0.140. The van der Waals surface area contributed by atoms with Gasteiger partial charge < -0.3 is 25.4 Å². The number of carbonyl (C=O) groups excluding carboxylic acids is 3. The first kappa shape index (κ1) is 31.7. The second-order valence-corrected chi connectivity index (χ2v) is 10.9. The zero-order chi connectivity index (χ0) is 30.9. The number of nitrogens with one attached hydrogen (secondary N) is 2. The number of hydrogen-bond donors (Lipinski definition) is 3. The lowest BCUT2D eigenvalue weighted by atomic mass is 9.98. The van der Waals surface area contributed by atoms with Crippen LogP contribution < -0.4 is 10.6 Å². The highest BCUT2D eigenvalue weighted by Crippen LogP contribution is 2.27. The van der Waals surface area contributed by atoms with Crippen molar-refractivity contribution in [2.45, 2.75) is 51.8 Å². The monoisotopic (exact) mass is 569 g/mol. The molecule has 0 fully saturated rings. The molecule has 2 unspecified atom stereocenters. The number of hydrogen-bond acceptors (Lipinski definition) is 5. The highest BCUT2D eigenvalue weighted by atomic mass is 16.6. The van der Waals surface area contributed by atoms with Crippen molar-refractivity contribution >= 4 is 29.7 Å². The number of benzene rings is 3. The third kappa shape index (κ3) is 8.83. The van der Waals surface area contributed by atoms with Crippen molar-refractivity contribution in [3.8, 4) is 5.75 Å². The van der Waals surface area contributed by atoms with Crippen LogP contribution in [0.5, 0.6) is 5.75 Å². The first-order chi connectivity index (χ1) is 19.9. The van der Waals surface area contributed by atoms with Crippen molar-refractivity contribution in [2.75, 3.05) is 11.9 Å². The van der Waals surface area contributed by atoms with Crippen LogP contribution in [0.2, 0.25) is 0 Å². The first-order valence-electron chi connectivity index (χ1n) is 13.7. The summed E-state index contributed by atoms with van der Waals surface area (Å²) >= 11 is 0. The second kappa shape index (κ2) is 14.2. The third-order valence-corrected chi connectivity index (χ3v) is 6.40. The number of rotatable bonds is 11. The Labute approximate surface area is 247 Å². The molecule has 0 aliphatic carbocycles. The van der Waals surface area contributed by atoms with Gasteiger partial charge in [-0.3, -0.25) is 9.59 Å². The minimum atomic E-state index is -1.10. The number of carbonyl (C=O) groups is 3. The Morgan fingerprint density at radius 2 is 1.69 bits per heavy atom. The number of aryl methyl sites for hydroxylation is 1. The van der Waals surface area contributed by atoms with Gasteiger partial charge in [0.1, 0.15) is 23.4 Å². The molecule has 0 bridgehead atoms. The third-order valence-electron chi connectivity index (χ3n) is 6.40. The van der Waals surface area contributed by atoms with Gasteiger partial charge in [-0.1, -0.05) is 67.3 Å². The Bertz CT molecular complexity index is 1430. The van der Waals surface area contributed by atoms with Crippen LogP contribution in [0, 0.1) is 6.92 Å². The maximum Gasteiger partial charge on any atom is 0.408 e. The minimum Gasteiger partial charge on any atom is -0.508 e. The predicted octanol–water partition coefficient (Wildman–Crippen LogP) is 6.17. The quantitative estimate of drug-likeness (QED) is 0.239. The van der Waals surface area contributed by atoms with Gasteiger partial charge in [-0.25, -0.2) is 4.79 Å². The molecule has 0 saturated carbocycles. The number of phenolic OH excluding ortho intramolecular Hbond substituents is 1. The largest absolute Gasteiger partial charge is 0.508 e. The van der Waals surface area contributed by atoms with Gasteiger partial charge in [0, 0.05) is 18.7 Å². The fourth-order valence-corrected chi connectivity index (χ4v) is 4.42. The fraction of sp³-hybridized carbons (Fsp3) is 0.265. The Morgan fingerprint density at radius 3 is 2.31 bits per heavy atom. The fourth-order valence-electron chi connectivity index (χ4n) is 4.42. The molecule has 0 spiro atoms. The summed E-state index contributed by atoms with van der Waals surface area (Å²) in [6.07, 6.45) is 2.52. The van der Waals surface area contributed by atoms with Crippen molar-refractivity contribution in [1.82, 2.24) is 10.2 Å². The number of alkyl carbamates (subject to hydrolysis) is 1. The Balaban J connectivity index is 2.08. The van der Waals surface area contributed by atoms with Gasteiger partial charge in [-0.05, 0) is 74.2 Å². The van der Waals surface area contributed by atoms with Crippen molar-refractivity contribution < 1.29 is 24.2 Å². The van der Waals surface area contributed by atoms with Gasteiger partial charge in [0.2, 0.25) is 5.91 Å². The van der Waals surface area contributed by atoms with E-state index in [2.05, 4.69) is 23.8 Å². The van der Waals surface area contributed by atoms with E-state index < -0.39 is 35.6 Å². The molecule has 3 aromatic rings. The van der Waals surface area contributed by atoms with Crippen LogP contribution in [-0.2, 0) is 20.7 Å². The first-order valence-corrected chi connectivity index (χ1v) is 13.7. The van der Waals surface area contributed by atoms with Crippen LogP contribution in [0.25, 0.3) is 6.08 Å². The van der Waals surface area contributed by atoms with E-state index in [-0.39, 0.29) is 18.7 Å². The van der Waals surface area contributed by atoms with Crippen LogP contribution in [0.1, 0.15) is 49.1 Å². The number of phenols is 1. The number of aromatic hydroxyl groups is 1. The molecule has 220 valence electrons. The molecule has 0 aliphatic rings. The molecule has 3 amide bonds. The van der Waals surface area contributed by atoms with Crippen LogP contribution in [0.4, 0.5) is 10.5 Å². The molecule has 0 saturated heterocycles.